The molecule has 0 spiro atoms. The highest BCUT2D eigenvalue weighted by Crippen LogP contribution is 2.23. The van der Waals surface area contributed by atoms with Crippen molar-refractivity contribution in [2.75, 3.05) is 0 Å². The molecule has 0 atom stereocenters. The van der Waals surface area contributed by atoms with E-state index in [2.05, 4.69) is 18.5 Å². The van der Waals surface area contributed by atoms with Gasteiger partial charge in [-0.25, -0.2) is 0 Å². The number of aliphatic imine (C=N–C) groups is 1. The summed E-state index contributed by atoms with van der Waals surface area (Å²) in [6, 6.07) is 2.01. The van der Waals surface area contributed by atoms with Crippen LogP contribution in [0.4, 0.5) is 5.69 Å². The third-order valence-corrected chi connectivity index (χ3v) is 2.09. The lowest BCUT2D eigenvalue weighted by Gasteiger charge is -1.88. The summed E-state index contributed by atoms with van der Waals surface area (Å²) in [4.78, 5) is 5.50. The predicted octanol–water partition coefficient (Wildman–Crippen LogP) is 3.33. The van der Waals surface area contributed by atoms with Crippen molar-refractivity contribution in [1.29, 1.82) is 0 Å². The van der Waals surface area contributed by atoms with Crippen LogP contribution in [0.2, 0.25) is 0 Å². The van der Waals surface area contributed by atoms with E-state index < -0.39 is 0 Å². The minimum atomic E-state index is 0.982. The Bertz CT molecular complexity index is 284. The number of allylic oxidation sites excluding steroid dienone is 1. The Hall–Kier alpha value is -0.890. The molecule has 1 aromatic heterocycles. The number of hydrogen-bond acceptors (Lipinski definition) is 2. The molecule has 0 saturated carbocycles. The largest absolute Gasteiger partial charge is 0.255 e. The van der Waals surface area contributed by atoms with Crippen LogP contribution in [0.5, 0.6) is 0 Å². The zero-order chi connectivity index (χ0) is 8.27. The van der Waals surface area contributed by atoms with Gasteiger partial charge in [-0.3, -0.25) is 4.99 Å². The van der Waals surface area contributed by atoms with Crippen molar-refractivity contribution in [3.63, 3.8) is 0 Å². The van der Waals surface area contributed by atoms with Crippen molar-refractivity contribution < 1.29 is 0 Å². The average molecular weight is 165 g/mol. The third-order valence-electron chi connectivity index (χ3n) is 1.26. The molecule has 0 radical (unpaired) electrons. The molecule has 0 aliphatic rings. The quantitative estimate of drug-likeness (QED) is 0.596. The van der Waals surface area contributed by atoms with Gasteiger partial charge in [0.1, 0.15) is 0 Å². The highest BCUT2D eigenvalue weighted by molar-refractivity contribution is 7.10. The number of aryl methyl sites for hydroxylation is 1. The Morgan fingerprint density at radius 3 is 2.91 bits per heavy atom. The fraction of sp³-hybridized carbons (Fsp3) is 0.222. The summed E-state index contributed by atoms with van der Waals surface area (Å²) in [5, 5.41) is 2.04. The van der Waals surface area contributed by atoms with Crippen LogP contribution < -0.4 is 0 Å². The summed E-state index contributed by atoms with van der Waals surface area (Å²) in [5.41, 5.74) is 2.04. The summed E-state index contributed by atoms with van der Waals surface area (Å²) in [7, 11) is 0. The first kappa shape index (κ1) is 8.21. The van der Waals surface area contributed by atoms with E-state index in [-0.39, 0.29) is 0 Å². The van der Waals surface area contributed by atoms with E-state index in [0.717, 1.165) is 11.3 Å². The second kappa shape index (κ2) is 3.49. The maximum absolute atomic E-state index is 4.25. The Balaban J connectivity index is 2.79. The molecule has 1 heterocycles. The maximum atomic E-state index is 4.25. The molecule has 58 valence electrons. The van der Waals surface area contributed by atoms with Gasteiger partial charge >= 0.3 is 0 Å². The van der Waals surface area contributed by atoms with E-state index in [0.29, 0.717) is 0 Å². The topological polar surface area (TPSA) is 12.4 Å². The average Bonchev–Trinajstić information content (AvgIpc) is 2.31. The predicted molar refractivity (Wildman–Crippen MR) is 52.0 cm³/mol. The van der Waals surface area contributed by atoms with Crippen molar-refractivity contribution in [1.82, 2.24) is 0 Å². The first-order valence-electron chi connectivity index (χ1n) is 3.44. The number of hydrogen-bond donors (Lipinski definition) is 0. The third kappa shape index (κ3) is 2.31. The SMILES string of the molecule is C=C(C)/C=N\c1ccsc1C. The fourth-order valence-electron chi connectivity index (χ4n) is 0.692. The van der Waals surface area contributed by atoms with E-state index in [1.807, 2.05) is 18.4 Å². The number of rotatable bonds is 2. The summed E-state index contributed by atoms with van der Waals surface area (Å²) < 4.78 is 0. The van der Waals surface area contributed by atoms with Gasteiger partial charge in [0.2, 0.25) is 0 Å². The van der Waals surface area contributed by atoms with E-state index in [1.165, 1.54) is 4.88 Å². The molecule has 0 bridgehead atoms. The van der Waals surface area contributed by atoms with Gasteiger partial charge in [0.25, 0.3) is 0 Å². The Labute approximate surface area is 71.1 Å². The number of nitrogens with zero attached hydrogens (tertiary/aromatic N) is 1. The van der Waals surface area contributed by atoms with Crippen LogP contribution in [0.3, 0.4) is 0 Å². The summed E-state index contributed by atoms with van der Waals surface area (Å²) in [6.07, 6.45) is 1.79. The van der Waals surface area contributed by atoms with Crippen LogP contribution in [0.15, 0.2) is 28.6 Å². The lowest BCUT2D eigenvalue weighted by atomic mass is 10.4. The standard InChI is InChI=1S/C9H11NS/c1-7(2)6-10-9-4-5-11-8(9)3/h4-6H,1H2,2-3H3/b10-6-. The molecular weight excluding hydrogens is 154 g/mol. The lowest BCUT2D eigenvalue weighted by Crippen LogP contribution is -1.71. The van der Waals surface area contributed by atoms with Crippen molar-refractivity contribution in [3.8, 4) is 0 Å². The fourth-order valence-corrected chi connectivity index (χ4v) is 1.33. The van der Waals surface area contributed by atoms with Crippen LogP contribution >= 0.6 is 11.3 Å². The zero-order valence-corrected chi connectivity index (χ0v) is 7.61. The molecule has 0 amide bonds. The summed E-state index contributed by atoms with van der Waals surface area (Å²) in [5.74, 6) is 0. The molecule has 0 aliphatic carbocycles. The highest BCUT2D eigenvalue weighted by atomic mass is 32.1. The molecule has 0 aliphatic heterocycles. The van der Waals surface area contributed by atoms with Gasteiger partial charge in [0.05, 0.1) is 5.69 Å². The molecule has 1 rings (SSSR count). The minimum absolute atomic E-state index is 0.982. The van der Waals surface area contributed by atoms with Crippen molar-refractivity contribution in [3.05, 3.63) is 28.5 Å². The van der Waals surface area contributed by atoms with Crippen molar-refractivity contribution in [2.24, 2.45) is 4.99 Å². The second-order valence-corrected chi connectivity index (χ2v) is 3.59. The molecule has 0 aromatic carbocycles. The molecular formula is C9H11NS. The Morgan fingerprint density at radius 2 is 2.45 bits per heavy atom. The summed E-state index contributed by atoms with van der Waals surface area (Å²) >= 11 is 1.71. The number of thiophene rings is 1. The van der Waals surface area contributed by atoms with Crippen LogP contribution in [-0.2, 0) is 0 Å². The normalized spacial score (nSPS) is 10.7. The van der Waals surface area contributed by atoms with E-state index in [1.54, 1.807) is 17.6 Å². The van der Waals surface area contributed by atoms with Crippen LogP contribution in [0.1, 0.15) is 11.8 Å². The highest BCUT2D eigenvalue weighted by Gasteiger charge is 1.93. The van der Waals surface area contributed by atoms with Gasteiger partial charge in [0, 0.05) is 11.1 Å². The Morgan fingerprint density at radius 1 is 1.73 bits per heavy atom. The second-order valence-electron chi connectivity index (χ2n) is 2.47. The van der Waals surface area contributed by atoms with Gasteiger partial charge in [-0.15, -0.1) is 11.3 Å². The zero-order valence-electron chi connectivity index (χ0n) is 6.79. The minimum Gasteiger partial charge on any atom is -0.255 e. The molecule has 1 aromatic rings. The molecule has 0 unspecified atom stereocenters. The van der Waals surface area contributed by atoms with Crippen LogP contribution in [-0.4, -0.2) is 6.21 Å². The Kier molecular flexibility index (Phi) is 2.60. The van der Waals surface area contributed by atoms with Gasteiger partial charge < -0.3 is 0 Å². The van der Waals surface area contributed by atoms with Crippen LogP contribution in [0, 0.1) is 6.92 Å². The molecule has 2 heteroatoms. The molecule has 1 nitrogen and oxygen atoms in total. The lowest BCUT2D eigenvalue weighted by molar-refractivity contribution is 1.49. The van der Waals surface area contributed by atoms with E-state index in [9.17, 15) is 0 Å². The van der Waals surface area contributed by atoms with Crippen molar-refractivity contribution >= 4 is 23.2 Å². The first-order chi connectivity index (χ1) is 5.20. The van der Waals surface area contributed by atoms with Gasteiger partial charge in [-0.2, -0.15) is 0 Å². The van der Waals surface area contributed by atoms with Crippen molar-refractivity contribution in [2.45, 2.75) is 13.8 Å². The van der Waals surface area contributed by atoms with Gasteiger partial charge in [-0.05, 0) is 30.9 Å². The maximum Gasteiger partial charge on any atom is 0.0765 e. The first-order valence-corrected chi connectivity index (χ1v) is 4.32. The molecule has 0 fully saturated rings. The van der Waals surface area contributed by atoms with E-state index in [4.69, 9.17) is 0 Å². The molecule has 0 saturated heterocycles. The van der Waals surface area contributed by atoms with Gasteiger partial charge in [0.15, 0.2) is 0 Å². The van der Waals surface area contributed by atoms with E-state index >= 15 is 0 Å². The smallest absolute Gasteiger partial charge is 0.0765 e. The molecule has 0 N–H and O–H groups in total. The summed E-state index contributed by atoms with van der Waals surface area (Å²) in [6.45, 7) is 7.74. The van der Waals surface area contributed by atoms with Gasteiger partial charge in [-0.1, -0.05) is 6.58 Å². The monoisotopic (exact) mass is 165 g/mol. The van der Waals surface area contributed by atoms with Crippen LogP contribution in [0.25, 0.3) is 0 Å². The molecule has 11 heavy (non-hydrogen) atoms.